The Balaban J connectivity index is 1.40. The number of nitrogens with zero attached hydrogens (tertiary/aromatic N) is 2. The first-order valence-electron chi connectivity index (χ1n) is 8.99. The number of amides is 3. The van der Waals surface area contributed by atoms with Gasteiger partial charge in [0, 0.05) is 36.3 Å². The van der Waals surface area contributed by atoms with Crippen molar-refractivity contribution < 1.29 is 9.59 Å². The van der Waals surface area contributed by atoms with E-state index < -0.39 is 0 Å². The third-order valence-corrected chi connectivity index (χ3v) is 4.49. The van der Waals surface area contributed by atoms with Crippen molar-refractivity contribution in [2.24, 2.45) is 0 Å². The molecule has 1 aromatic heterocycles. The first-order valence-corrected chi connectivity index (χ1v) is 8.99. The number of aromatic nitrogens is 2. The molecule has 28 heavy (non-hydrogen) atoms. The standard InChI is InChI=1S/C20H20N6O2/c27-19(14-7-3-1-4-8-14)22-18-16-13-26(12-11-17(16)23-24-18)25-20(28)21-15-9-5-2-6-10-15/h1-10H,11-13H2,(H2,21,25,28)(H2,22,23,24,27). The van der Waals surface area contributed by atoms with Crippen molar-refractivity contribution in [2.75, 3.05) is 17.2 Å². The van der Waals surface area contributed by atoms with Crippen molar-refractivity contribution in [3.05, 3.63) is 77.5 Å². The van der Waals surface area contributed by atoms with Gasteiger partial charge in [-0.3, -0.25) is 15.3 Å². The highest BCUT2D eigenvalue weighted by molar-refractivity contribution is 6.04. The number of rotatable bonds is 4. The van der Waals surface area contributed by atoms with Gasteiger partial charge in [-0.25, -0.2) is 9.80 Å². The van der Waals surface area contributed by atoms with Crippen molar-refractivity contribution in [2.45, 2.75) is 13.0 Å². The summed E-state index contributed by atoms with van der Waals surface area (Å²) in [4.78, 5) is 24.6. The average molecular weight is 376 g/mol. The third kappa shape index (κ3) is 4.02. The number of benzene rings is 2. The lowest BCUT2D eigenvalue weighted by Gasteiger charge is -2.27. The van der Waals surface area contributed by atoms with Crippen LogP contribution in [-0.2, 0) is 13.0 Å². The molecule has 3 aromatic rings. The number of H-pyrrole nitrogens is 1. The molecule has 4 rings (SSSR count). The summed E-state index contributed by atoms with van der Waals surface area (Å²) in [5.74, 6) is 0.345. The van der Waals surface area contributed by atoms with Crippen LogP contribution >= 0.6 is 0 Å². The fraction of sp³-hybridized carbons (Fsp3) is 0.150. The number of hydrogen-bond acceptors (Lipinski definition) is 4. The zero-order valence-corrected chi connectivity index (χ0v) is 15.1. The molecule has 0 bridgehead atoms. The average Bonchev–Trinajstić information content (AvgIpc) is 3.11. The summed E-state index contributed by atoms with van der Waals surface area (Å²) in [6, 6.07) is 17.9. The van der Waals surface area contributed by atoms with E-state index in [1.165, 1.54) is 0 Å². The van der Waals surface area contributed by atoms with Gasteiger partial charge in [0.15, 0.2) is 0 Å². The number of para-hydroxylation sites is 1. The maximum Gasteiger partial charge on any atom is 0.333 e. The van der Waals surface area contributed by atoms with Crippen LogP contribution < -0.4 is 16.1 Å². The van der Waals surface area contributed by atoms with Crippen LogP contribution in [0.15, 0.2) is 60.7 Å². The molecule has 8 nitrogen and oxygen atoms in total. The van der Waals surface area contributed by atoms with Crippen LogP contribution in [0.2, 0.25) is 0 Å². The zero-order chi connectivity index (χ0) is 19.3. The molecule has 3 amide bonds. The second-order valence-electron chi connectivity index (χ2n) is 6.45. The molecule has 142 valence electrons. The van der Waals surface area contributed by atoms with Gasteiger partial charge in [0.25, 0.3) is 5.91 Å². The van der Waals surface area contributed by atoms with Crippen LogP contribution in [0.4, 0.5) is 16.3 Å². The minimum absolute atomic E-state index is 0.209. The fourth-order valence-electron chi connectivity index (χ4n) is 3.09. The Bertz CT molecular complexity index is 971. The normalized spacial score (nSPS) is 13.4. The SMILES string of the molecule is O=C(Nc1ccccc1)NN1CCc2n[nH]c(NC(=O)c3ccccc3)c2C1. The molecular weight excluding hydrogens is 356 g/mol. The minimum atomic E-state index is -0.312. The van der Waals surface area contributed by atoms with Crippen LogP contribution in [0.25, 0.3) is 0 Å². The van der Waals surface area contributed by atoms with Gasteiger partial charge in [0.05, 0.1) is 5.69 Å². The van der Waals surface area contributed by atoms with E-state index in [2.05, 4.69) is 26.3 Å². The number of nitrogens with one attached hydrogen (secondary N) is 4. The minimum Gasteiger partial charge on any atom is -0.307 e. The number of anilines is 2. The zero-order valence-electron chi connectivity index (χ0n) is 15.1. The first-order chi connectivity index (χ1) is 13.7. The molecule has 0 fully saturated rings. The Hall–Kier alpha value is -3.65. The molecule has 0 saturated carbocycles. The second kappa shape index (κ2) is 7.93. The van der Waals surface area contributed by atoms with Crippen molar-refractivity contribution in [1.82, 2.24) is 20.6 Å². The Morgan fingerprint density at radius 1 is 0.964 bits per heavy atom. The van der Waals surface area contributed by atoms with Crippen molar-refractivity contribution >= 4 is 23.4 Å². The number of carbonyl (C=O) groups is 2. The third-order valence-electron chi connectivity index (χ3n) is 4.49. The molecule has 0 radical (unpaired) electrons. The van der Waals surface area contributed by atoms with Crippen LogP contribution in [0.1, 0.15) is 21.6 Å². The number of aromatic amines is 1. The van der Waals surface area contributed by atoms with Crippen LogP contribution in [-0.4, -0.2) is 33.7 Å². The lowest BCUT2D eigenvalue weighted by Crippen LogP contribution is -2.46. The Morgan fingerprint density at radius 2 is 1.68 bits per heavy atom. The molecule has 0 aliphatic carbocycles. The highest BCUT2D eigenvalue weighted by atomic mass is 16.2. The van der Waals surface area contributed by atoms with Crippen LogP contribution in [0.3, 0.4) is 0 Å². The number of carbonyl (C=O) groups excluding carboxylic acids is 2. The summed E-state index contributed by atoms with van der Waals surface area (Å²) in [6.45, 7) is 1.07. The quantitative estimate of drug-likeness (QED) is 0.562. The molecule has 2 heterocycles. The first kappa shape index (κ1) is 17.7. The van der Waals surface area contributed by atoms with E-state index in [0.29, 0.717) is 30.9 Å². The van der Waals surface area contributed by atoms with E-state index in [-0.39, 0.29) is 11.9 Å². The van der Waals surface area contributed by atoms with Gasteiger partial charge < -0.3 is 10.6 Å². The van der Waals surface area contributed by atoms with Crippen LogP contribution in [0.5, 0.6) is 0 Å². The van der Waals surface area contributed by atoms with Crippen LogP contribution in [0, 0.1) is 0 Å². The predicted molar refractivity (Wildman–Crippen MR) is 106 cm³/mol. The molecule has 0 spiro atoms. The number of hydrogen-bond donors (Lipinski definition) is 4. The van der Waals surface area contributed by atoms with Crippen molar-refractivity contribution in [3.63, 3.8) is 0 Å². The van der Waals surface area contributed by atoms with Crippen molar-refractivity contribution in [3.8, 4) is 0 Å². The topological polar surface area (TPSA) is 102 Å². The summed E-state index contributed by atoms with van der Waals surface area (Å²) in [5.41, 5.74) is 5.89. The number of hydrazine groups is 1. The largest absolute Gasteiger partial charge is 0.333 e. The van der Waals surface area contributed by atoms with E-state index in [9.17, 15) is 9.59 Å². The Morgan fingerprint density at radius 3 is 2.43 bits per heavy atom. The van der Waals surface area contributed by atoms with E-state index in [1.54, 1.807) is 17.1 Å². The Labute approximate surface area is 161 Å². The monoisotopic (exact) mass is 376 g/mol. The van der Waals surface area contributed by atoms with E-state index in [1.807, 2.05) is 48.5 Å². The summed E-state index contributed by atoms with van der Waals surface area (Å²) in [5, 5.41) is 14.6. The molecule has 2 aromatic carbocycles. The Kier molecular flexibility index (Phi) is 5.03. The lowest BCUT2D eigenvalue weighted by atomic mass is 10.1. The van der Waals surface area contributed by atoms with Gasteiger partial charge in [-0.2, -0.15) is 5.10 Å². The maximum atomic E-state index is 12.4. The van der Waals surface area contributed by atoms with E-state index >= 15 is 0 Å². The van der Waals surface area contributed by atoms with E-state index in [0.717, 1.165) is 16.9 Å². The number of fused-ring (bicyclic) bond motifs is 1. The molecule has 0 atom stereocenters. The second-order valence-corrected chi connectivity index (χ2v) is 6.45. The van der Waals surface area contributed by atoms with Gasteiger partial charge in [-0.05, 0) is 24.3 Å². The summed E-state index contributed by atoms with van der Waals surface area (Å²) in [7, 11) is 0. The molecule has 0 saturated heterocycles. The summed E-state index contributed by atoms with van der Waals surface area (Å²) in [6.07, 6.45) is 0.665. The molecule has 1 aliphatic heterocycles. The highest BCUT2D eigenvalue weighted by Crippen LogP contribution is 2.23. The maximum absolute atomic E-state index is 12.4. The molecular formula is C20H20N6O2. The molecule has 0 unspecified atom stereocenters. The van der Waals surface area contributed by atoms with Gasteiger partial charge in [-0.15, -0.1) is 0 Å². The van der Waals surface area contributed by atoms with E-state index in [4.69, 9.17) is 0 Å². The molecule has 4 N–H and O–H groups in total. The lowest BCUT2D eigenvalue weighted by molar-refractivity contribution is 0.102. The smallest absolute Gasteiger partial charge is 0.307 e. The van der Waals surface area contributed by atoms with Crippen molar-refractivity contribution in [1.29, 1.82) is 0 Å². The number of urea groups is 1. The van der Waals surface area contributed by atoms with Gasteiger partial charge in [-0.1, -0.05) is 36.4 Å². The summed E-state index contributed by atoms with van der Waals surface area (Å²) < 4.78 is 0. The van der Waals surface area contributed by atoms with Gasteiger partial charge >= 0.3 is 6.03 Å². The fourth-order valence-corrected chi connectivity index (χ4v) is 3.09. The summed E-state index contributed by atoms with van der Waals surface area (Å²) >= 11 is 0. The predicted octanol–water partition coefficient (Wildman–Crippen LogP) is 2.76. The highest BCUT2D eigenvalue weighted by Gasteiger charge is 2.24. The molecule has 1 aliphatic rings. The van der Waals surface area contributed by atoms with Gasteiger partial charge in [0.2, 0.25) is 0 Å². The molecule has 8 heteroatoms. The van der Waals surface area contributed by atoms with Gasteiger partial charge in [0.1, 0.15) is 5.82 Å².